The number of carbonyl (C=O) groups is 1. The Morgan fingerprint density at radius 1 is 1.02 bits per heavy atom. The molecule has 214 valence electrons. The molecule has 0 bridgehead atoms. The van der Waals surface area contributed by atoms with Crippen molar-refractivity contribution in [1.29, 1.82) is 0 Å². The number of aromatic nitrogens is 7. The highest BCUT2D eigenvalue weighted by Gasteiger charge is 2.21. The van der Waals surface area contributed by atoms with Gasteiger partial charge in [0.15, 0.2) is 0 Å². The third-order valence-electron chi connectivity index (χ3n) is 6.96. The molecule has 0 aliphatic rings. The van der Waals surface area contributed by atoms with E-state index in [-0.39, 0.29) is 5.56 Å². The number of H-pyrrole nitrogens is 1. The van der Waals surface area contributed by atoms with Gasteiger partial charge in [-0.2, -0.15) is 4.68 Å². The highest BCUT2D eigenvalue weighted by atomic mass is 35.5. The molecule has 0 saturated carbocycles. The lowest BCUT2D eigenvalue weighted by Crippen LogP contribution is -2.27. The number of methoxy groups -OCH3 is 1. The van der Waals surface area contributed by atoms with Crippen LogP contribution in [0.25, 0.3) is 28.1 Å². The number of benzene rings is 3. The van der Waals surface area contributed by atoms with Crippen LogP contribution >= 0.6 is 11.6 Å². The number of tetrazole rings is 1. The second-order valence-electron chi connectivity index (χ2n) is 9.66. The number of halogens is 1. The summed E-state index contributed by atoms with van der Waals surface area (Å²) in [5.41, 5.74) is 5.16. The zero-order chi connectivity index (χ0) is 29.8. The summed E-state index contributed by atoms with van der Waals surface area (Å²) in [6.45, 7) is 0. The van der Waals surface area contributed by atoms with Gasteiger partial charge in [-0.15, -0.1) is 5.10 Å². The molecule has 3 aromatic carbocycles. The van der Waals surface area contributed by atoms with Crippen LogP contribution in [0.15, 0.2) is 108 Å². The van der Waals surface area contributed by atoms with Crippen molar-refractivity contribution in [2.24, 2.45) is 0 Å². The van der Waals surface area contributed by atoms with Crippen molar-refractivity contribution in [2.75, 3.05) is 12.4 Å². The van der Waals surface area contributed by atoms with E-state index in [1.807, 2.05) is 48.5 Å². The van der Waals surface area contributed by atoms with Crippen molar-refractivity contribution in [3.8, 4) is 28.1 Å². The first kappa shape index (κ1) is 27.6. The number of hydrogen-bond donors (Lipinski definition) is 2. The molecular formula is C31H25ClN8O3. The molecule has 0 radical (unpaired) electrons. The Labute approximate surface area is 250 Å². The molecule has 1 atom stereocenters. The summed E-state index contributed by atoms with van der Waals surface area (Å²) < 4.78 is 7.85. The molecule has 6 aromatic rings. The Morgan fingerprint density at radius 2 is 1.84 bits per heavy atom. The summed E-state index contributed by atoms with van der Waals surface area (Å²) in [4.78, 5) is 33.3. The van der Waals surface area contributed by atoms with Crippen LogP contribution in [0.5, 0.6) is 0 Å². The van der Waals surface area contributed by atoms with E-state index in [2.05, 4.69) is 35.5 Å². The predicted molar refractivity (Wildman–Crippen MR) is 162 cm³/mol. The second-order valence-corrected chi connectivity index (χ2v) is 10.1. The molecule has 0 saturated heterocycles. The Morgan fingerprint density at radius 3 is 2.56 bits per heavy atom. The van der Waals surface area contributed by atoms with Crippen LogP contribution in [0.3, 0.4) is 0 Å². The first-order valence-electron chi connectivity index (χ1n) is 13.3. The number of ether oxygens (including phenoxy) is 1. The Balaban J connectivity index is 1.36. The molecule has 0 aliphatic heterocycles. The molecule has 3 heterocycles. The zero-order valence-corrected chi connectivity index (χ0v) is 23.6. The number of anilines is 1. The van der Waals surface area contributed by atoms with Gasteiger partial charge in [0.25, 0.3) is 5.56 Å². The molecular weight excluding hydrogens is 568 g/mol. The van der Waals surface area contributed by atoms with Gasteiger partial charge in [0.1, 0.15) is 12.2 Å². The van der Waals surface area contributed by atoms with Crippen LogP contribution in [-0.4, -0.2) is 47.9 Å². The second kappa shape index (κ2) is 12.1. The monoisotopic (exact) mass is 592 g/mol. The molecule has 2 N–H and O–H groups in total. The summed E-state index contributed by atoms with van der Waals surface area (Å²) in [5, 5.41) is 14.6. The Bertz CT molecular complexity index is 1920. The molecule has 12 heteroatoms. The maximum Gasteiger partial charge on any atom is 0.411 e. The number of hydrogen-bond acceptors (Lipinski definition) is 7. The number of pyridine rings is 1. The van der Waals surface area contributed by atoms with Gasteiger partial charge >= 0.3 is 6.09 Å². The molecule has 6 rings (SSSR count). The highest BCUT2D eigenvalue weighted by molar-refractivity contribution is 6.31. The number of rotatable bonds is 8. The quantitative estimate of drug-likeness (QED) is 0.237. The largest absolute Gasteiger partial charge is 0.453 e. The van der Waals surface area contributed by atoms with E-state index in [1.165, 1.54) is 18.1 Å². The lowest BCUT2D eigenvalue weighted by molar-refractivity contribution is 0.187. The summed E-state index contributed by atoms with van der Waals surface area (Å²) >= 11 is 6.33. The van der Waals surface area contributed by atoms with Crippen molar-refractivity contribution in [1.82, 2.24) is 34.7 Å². The van der Waals surface area contributed by atoms with Gasteiger partial charge in [0.2, 0.25) is 0 Å². The van der Waals surface area contributed by atoms with Gasteiger partial charge in [-0.05, 0) is 63.5 Å². The number of nitrogens with one attached hydrogen (secondary N) is 2. The minimum Gasteiger partial charge on any atom is -0.453 e. The van der Waals surface area contributed by atoms with Gasteiger partial charge in [-0.25, -0.2) is 9.78 Å². The van der Waals surface area contributed by atoms with Gasteiger partial charge in [0.05, 0.1) is 30.7 Å². The molecule has 1 amide bonds. The maximum atomic E-state index is 13.7. The molecule has 1 unspecified atom stereocenters. The predicted octanol–water partition coefficient (Wildman–Crippen LogP) is 5.54. The van der Waals surface area contributed by atoms with E-state index in [0.29, 0.717) is 39.8 Å². The average molecular weight is 593 g/mol. The normalized spacial score (nSPS) is 11.7. The van der Waals surface area contributed by atoms with Crippen molar-refractivity contribution in [3.05, 3.63) is 130 Å². The third-order valence-corrected chi connectivity index (χ3v) is 7.20. The standard InChI is InChI=1S/C31H25ClN8O3/c1-43-31(42)35-24-10-7-21(8-11-24)26-18-33-30(36-26)28(15-20-5-3-2-4-6-20)39-14-13-22(16-29(39)41)25-17-23(32)9-12-27(25)40-19-34-37-38-40/h2-14,16-19,28H,15H2,1H3,(H,33,36)(H,35,42). The van der Waals surface area contributed by atoms with Crippen molar-refractivity contribution < 1.29 is 9.53 Å². The van der Waals surface area contributed by atoms with Crippen LogP contribution < -0.4 is 10.9 Å². The van der Waals surface area contributed by atoms with Crippen LogP contribution in [-0.2, 0) is 11.2 Å². The summed E-state index contributed by atoms with van der Waals surface area (Å²) in [5.74, 6) is 0.627. The first-order chi connectivity index (χ1) is 21.0. The van der Waals surface area contributed by atoms with E-state index in [1.54, 1.807) is 53.4 Å². The van der Waals surface area contributed by atoms with Crippen LogP contribution in [0.4, 0.5) is 10.5 Å². The lowest BCUT2D eigenvalue weighted by Gasteiger charge is -2.19. The van der Waals surface area contributed by atoms with E-state index in [9.17, 15) is 9.59 Å². The third kappa shape index (κ3) is 6.07. The van der Waals surface area contributed by atoms with E-state index < -0.39 is 12.1 Å². The topological polar surface area (TPSA) is 133 Å². The summed E-state index contributed by atoms with van der Waals surface area (Å²) in [6.07, 6.45) is 4.98. The number of aromatic amines is 1. The number of nitrogens with zero attached hydrogens (tertiary/aromatic N) is 6. The van der Waals surface area contributed by atoms with E-state index in [4.69, 9.17) is 11.6 Å². The average Bonchev–Trinajstić information content (AvgIpc) is 3.74. The smallest absolute Gasteiger partial charge is 0.411 e. The fourth-order valence-corrected chi connectivity index (χ4v) is 5.02. The first-order valence-corrected chi connectivity index (χ1v) is 13.7. The number of amides is 1. The fourth-order valence-electron chi connectivity index (χ4n) is 4.84. The van der Waals surface area contributed by atoms with Crippen molar-refractivity contribution in [2.45, 2.75) is 12.5 Å². The Hall–Kier alpha value is -5.55. The van der Waals surface area contributed by atoms with E-state index in [0.717, 1.165) is 16.8 Å². The molecule has 11 nitrogen and oxygen atoms in total. The minimum absolute atomic E-state index is 0.211. The van der Waals surface area contributed by atoms with Gasteiger partial charge in [-0.1, -0.05) is 54.1 Å². The molecule has 0 spiro atoms. The SMILES string of the molecule is COC(=O)Nc1ccc(-c2cnc(C(Cc3ccccc3)n3ccc(-c4cc(Cl)ccc4-n4cnnn4)cc3=O)[nH]2)cc1. The fraction of sp³-hybridized carbons (Fsp3) is 0.0968. The molecule has 0 aliphatic carbocycles. The van der Waals surface area contributed by atoms with Gasteiger partial charge in [-0.3, -0.25) is 10.1 Å². The molecule has 43 heavy (non-hydrogen) atoms. The summed E-state index contributed by atoms with van der Waals surface area (Å²) in [7, 11) is 1.31. The minimum atomic E-state index is -0.543. The zero-order valence-electron chi connectivity index (χ0n) is 22.9. The lowest BCUT2D eigenvalue weighted by atomic mass is 10.0. The van der Waals surface area contributed by atoms with E-state index >= 15 is 0 Å². The molecule has 0 fully saturated rings. The van der Waals surface area contributed by atoms with Crippen LogP contribution in [0, 0.1) is 0 Å². The summed E-state index contributed by atoms with van der Waals surface area (Å²) in [6, 6.07) is 25.6. The maximum absolute atomic E-state index is 13.7. The number of imidazole rings is 1. The van der Waals surface area contributed by atoms with Crippen molar-refractivity contribution in [3.63, 3.8) is 0 Å². The Kier molecular flexibility index (Phi) is 7.79. The van der Waals surface area contributed by atoms with Gasteiger partial charge < -0.3 is 14.3 Å². The number of carbonyl (C=O) groups excluding carboxylic acids is 1. The van der Waals surface area contributed by atoms with Crippen molar-refractivity contribution >= 4 is 23.4 Å². The molecule has 3 aromatic heterocycles. The van der Waals surface area contributed by atoms with Crippen LogP contribution in [0.1, 0.15) is 17.4 Å². The van der Waals surface area contributed by atoms with Gasteiger partial charge in [0, 0.05) is 35.0 Å². The highest BCUT2D eigenvalue weighted by Crippen LogP contribution is 2.30. The van der Waals surface area contributed by atoms with Crippen LogP contribution in [0.2, 0.25) is 5.02 Å².